The maximum atomic E-state index is 5.99. The summed E-state index contributed by atoms with van der Waals surface area (Å²) in [4.78, 5) is 2.64. The lowest BCUT2D eigenvalue weighted by Crippen LogP contribution is -2.46. The molecule has 1 aromatic rings. The first-order chi connectivity index (χ1) is 8.81. The zero-order valence-corrected chi connectivity index (χ0v) is 11.2. The lowest BCUT2D eigenvalue weighted by atomic mass is 9.68. The predicted molar refractivity (Wildman–Crippen MR) is 75.4 cm³/mol. The minimum atomic E-state index is 0.444. The molecule has 0 spiro atoms. The van der Waals surface area contributed by atoms with Gasteiger partial charge in [0.25, 0.3) is 0 Å². The van der Waals surface area contributed by atoms with Crippen LogP contribution in [0.1, 0.15) is 36.8 Å². The van der Waals surface area contributed by atoms with Crippen LogP contribution < -0.4 is 5.73 Å². The second kappa shape index (κ2) is 5.02. The number of nitrogens with two attached hydrogens (primary N) is 1. The van der Waals surface area contributed by atoms with Crippen LogP contribution in [0.15, 0.2) is 24.3 Å². The molecule has 0 bridgehead atoms. The van der Waals surface area contributed by atoms with Crippen LogP contribution in [0.4, 0.5) is 0 Å². The third-order valence-electron chi connectivity index (χ3n) is 4.84. The summed E-state index contributed by atoms with van der Waals surface area (Å²) in [5, 5.41) is 0. The molecule has 0 atom stereocenters. The molecule has 2 N–H and O–H groups in total. The van der Waals surface area contributed by atoms with Gasteiger partial charge in [-0.2, -0.15) is 0 Å². The molecule has 2 aliphatic rings. The van der Waals surface area contributed by atoms with Crippen molar-refractivity contribution in [2.45, 2.75) is 38.6 Å². The Kier molecular flexibility index (Phi) is 3.40. The summed E-state index contributed by atoms with van der Waals surface area (Å²) in [6.45, 7) is 4.43. The molecule has 0 aromatic heterocycles. The third kappa shape index (κ3) is 2.32. The first-order valence-corrected chi connectivity index (χ1v) is 7.31. The normalized spacial score (nSPS) is 22.9. The highest BCUT2D eigenvalue weighted by Gasteiger charge is 2.37. The van der Waals surface area contributed by atoms with Gasteiger partial charge in [-0.1, -0.05) is 30.7 Å². The lowest BCUT2D eigenvalue weighted by Gasteiger charge is -2.44. The molecule has 1 aromatic carbocycles. The maximum absolute atomic E-state index is 5.99. The second-order valence-corrected chi connectivity index (χ2v) is 6.14. The van der Waals surface area contributed by atoms with Crippen molar-refractivity contribution >= 4 is 0 Å². The number of fused-ring (bicyclic) bond motifs is 1. The Bertz CT molecular complexity index is 404. The topological polar surface area (TPSA) is 29.3 Å². The molecule has 0 radical (unpaired) electrons. The molecule has 0 saturated heterocycles. The monoisotopic (exact) mass is 244 g/mol. The van der Waals surface area contributed by atoms with Crippen LogP contribution >= 0.6 is 0 Å². The molecule has 1 saturated carbocycles. The van der Waals surface area contributed by atoms with Crippen LogP contribution in [-0.4, -0.2) is 24.5 Å². The Morgan fingerprint density at radius 1 is 1.11 bits per heavy atom. The summed E-state index contributed by atoms with van der Waals surface area (Å²) < 4.78 is 0. The number of hydrogen-bond acceptors (Lipinski definition) is 2. The van der Waals surface area contributed by atoms with Crippen LogP contribution in [0.3, 0.4) is 0 Å². The molecule has 18 heavy (non-hydrogen) atoms. The molecule has 1 heterocycles. The molecule has 1 aliphatic carbocycles. The number of benzene rings is 1. The van der Waals surface area contributed by atoms with E-state index in [1.165, 1.54) is 50.8 Å². The van der Waals surface area contributed by atoms with Crippen LogP contribution in [0.2, 0.25) is 0 Å². The summed E-state index contributed by atoms with van der Waals surface area (Å²) in [6, 6.07) is 8.93. The molecule has 1 fully saturated rings. The number of rotatable bonds is 3. The van der Waals surface area contributed by atoms with E-state index in [0.29, 0.717) is 5.41 Å². The standard InChI is InChI=1S/C16H24N2/c17-12-16(8-4-9-16)13-18-10-3-7-14-5-1-2-6-15(14)11-18/h1-2,5-6H,3-4,7-13,17H2. The van der Waals surface area contributed by atoms with Crippen molar-refractivity contribution < 1.29 is 0 Å². The highest BCUT2D eigenvalue weighted by molar-refractivity contribution is 5.28. The van der Waals surface area contributed by atoms with Gasteiger partial charge in [0.05, 0.1) is 0 Å². The van der Waals surface area contributed by atoms with Crippen molar-refractivity contribution in [2.75, 3.05) is 19.6 Å². The van der Waals surface area contributed by atoms with E-state index in [-0.39, 0.29) is 0 Å². The van der Waals surface area contributed by atoms with Gasteiger partial charge in [-0.15, -0.1) is 0 Å². The fourth-order valence-electron chi connectivity index (χ4n) is 3.48. The average Bonchev–Trinajstić information content (AvgIpc) is 2.55. The number of aryl methyl sites for hydroxylation is 1. The summed E-state index contributed by atoms with van der Waals surface area (Å²) in [5.74, 6) is 0. The van der Waals surface area contributed by atoms with Crippen molar-refractivity contribution in [1.82, 2.24) is 4.90 Å². The number of hydrogen-bond donors (Lipinski definition) is 1. The first-order valence-electron chi connectivity index (χ1n) is 7.31. The van der Waals surface area contributed by atoms with Crippen molar-refractivity contribution in [2.24, 2.45) is 11.1 Å². The maximum Gasteiger partial charge on any atom is 0.0236 e. The molecular weight excluding hydrogens is 220 g/mol. The van der Waals surface area contributed by atoms with Gasteiger partial charge >= 0.3 is 0 Å². The Morgan fingerprint density at radius 3 is 2.56 bits per heavy atom. The van der Waals surface area contributed by atoms with E-state index in [1.807, 2.05) is 0 Å². The Morgan fingerprint density at radius 2 is 1.89 bits per heavy atom. The smallest absolute Gasteiger partial charge is 0.0236 e. The predicted octanol–water partition coefficient (Wildman–Crippen LogP) is 2.56. The minimum absolute atomic E-state index is 0.444. The molecule has 2 nitrogen and oxygen atoms in total. The van der Waals surface area contributed by atoms with Gasteiger partial charge in [0.2, 0.25) is 0 Å². The summed E-state index contributed by atoms with van der Waals surface area (Å²) in [7, 11) is 0. The fourth-order valence-corrected chi connectivity index (χ4v) is 3.48. The fraction of sp³-hybridized carbons (Fsp3) is 0.625. The van der Waals surface area contributed by atoms with Gasteiger partial charge < -0.3 is 5.73 Å². The Hall–Kier alpha value is -0.860. The second-order valence-electron chi connectivity index (χ2n) is 6.14. The van der Waals surface area contributed by atoms with E-state index >= 15 is 0 Å². The summed E-state index contributed by atoms with van der Waals surface area (Å²) in [5.41, 5.74) is 9.52. The van der Waals surface area contributed by atoms with Gasteiger partial charge in [-0.05, 0) is 55.3 Å². The lowest BCUT2D eigenvalue weighted by molar-refractivity contribution is 0.0716. The quantitative estimate of drug-likeness (QED) is 0.885. The van der Waals surface area contributed by atoms with E-state index in [1.54, 1.807) is 5.56 Å². The van der Waals surface area contributed by atoms with Crippen LogP contribution in [0, 0.1) is 5.41 Å². The molecule has 1 aliphatic heterocycles. The number of nitrogens with zero attached hydrogens (tertiary/aromatic N) is 1. The van der Waals surface area contributed by atoms with Crippen molar-refractivity contribution in [1.29, 1.82) is 0 Å². The summed E-state index contributed by atoms with van der Waals surface area (Å²) in [6.07, 6.45) is 6.57. The molecule has 3 rings (SSSR count). The van der Waals surface area contributed by atoms with Crippen LogP contribution in [-0.2, 0) is 13.0 Å². The van der Waals surface area contributed by atoms with Gasteiger partial charge in [-0.3, -0.25) is 4.90 Å². The average molecular weight is 244 g/mol. The largest absolute Gasteiger partial charge is 0.330 e. The highest BCUT2D eigenvalue weighted by Crippen LogP contribution is 2.41. The Balaban J connectivity index is 1.71. The molecule has 98 valence electrons. The van der Waals surface area contributed by atoms with E-state index < -0.39 is 0 Å². The van der Waals surface area contributed by atoms with Crippen LogP contribution in [0.5, 0.6) is 0 Å². The Labute approximate surface area is 110 Å². The third-order valence-corrected chi connectivity index (χ3v) is 4.84. The van der Waals surface area contributed by atoms with Gasteiger partial charge in [0, 0.05) is 13.1 Å². The van der Waals surface area contributed by atoms with E-state index in [0.717, 1.165) is 13.1 Å². The van der Waals surface area contributed by atoms with E-state index in [2.05, 4.69) is 29.2 Å². The minimum Gasteiger partial charge on any atom is -0.330 e. The van der Waals surface area contributed by atoms with Crippen molar-refractivity contribution in [3.8, 4) is 0 Å². The molecule has 0 amide bonds. The highest BCUT2D eigenvalue weighted by atomic mass is 15.1. The first kappa shape index (κ1) is 12.2. The van der Waals surface area contributed by atoms with Gasteiger partial charge in [0.1, 0.15) is 0 Å². The summed E-state index contributed by atoms with van der Waals surface area (Å²) >= 11 is 0. The van der Waals surface area contributed by atoms with Gasteiger partial charge in [-0.25, -0.2) is 0 Å². The molecule has 0 unspecified atom stereocenters. The van der Waals surface area contributed by atoms with Gasteiger partial charge in [0.15, 0.2) is 0 Å². The van der Waals surface area contributed by atoms with Crippen molar-refractivity contribution in [3.05, 3.63) is 35.4 Å². The molecule has 2 heteroatoms. The SMILES string of the molecule is NCC1(CN2CCCc3ccccc3C2)CCC1. The van der Waals surface area contributed by atoms with Crippen LogP contribution in [0.25, 0.3) is 0 Å². The van der Waals surface area contributed by atoms with E-state index in [9.17, 15) is 0 Å². The van der Waals surface area contributed by atoms with Crippen molar-refractivity contribution in [3.63, 3.8) is 0 Å². The van der Waals surface area contributed by atoms with E-state index in [4.69, 9.17) is 5.73 Å². The zero-order valence-electron chi connectivity index (χ0n) is 11.2. The zero-order chi connectivity index (χ0) is 12.4. The molecular formula is C16H24N2.